The fourth-order valence-corrected chi connectivity index (χ4v) is 2.07. The minimum Gasteiger partial charge on any atom is -0.389 e. The number of hydrogen-bond donors (Lipinski definition) is 2. The highest BCUT2D eigenvalue weighted by Crippen LogP contribution is 2.33. The van der Waals surface area contributed by atoms with Gasteiger partial charge in [0.1, 0.15) is 4.99 Å². The van der Waals surface area contributed by atoms with Crippen LogP contribution >= 0.6 is 12.2 Å². The van der Waals surface area contributed by atoms with Crippen LogP contribution in [0.15, 0.2) is 24.3 Å². The van der Waals surface area contributed by atoms with E-state index < -0.39 is 0 Å². The van der Waals surface area contributed by atoms with E-state index >= 15 is 0 Å². The van der Waals surface area contributed by atoms with Crippen LogP contribution in [0.2, 0.25) is 0 Å². The van der Waals surface area contributed by atoms with Crippen LogP contribution in [0.1, 0.15) is 35.7 Å². The number of rotatable bonds is 4. The summed E-state index contributed by atoms with van der Waals surface area (Å²) in [5.74, 6) is 0.613. The largest absolute Gasteiger partial charge is 0.389 e. The zero-order chi connectivity index (χ0) is 12.4. The third-order valence-corrected chi connectivity index (χ3v) is 3.41. The maximum Gasteiger partial charge on any atom is 0.251 e. The average molecular weight is 248 g/mol. The average Bonchev–Trinajstić information content (AvgIpc) is 3.07. The topological polar surface area (TPSA) is 55.1 Å². The Hall–Kier alpha value is -1.42. The van der Waals surface area contributed by atoms with Crippen LogP contribution < -0.4 is 11.1 Å². The van der Waals surface area contributed by atoms with E-state index in [2.05, 4.69) is 12.2 Å². The van der Waals surface area contributed by atoms with Gasteiger partial charge in [0.25, 0.3) is 5.91 Å². The lowest BCUT2D eigenvalue weighted by Crippen LogP contribution is -2.27. The third-order valence-electron chi connectivity index (χ3n) is 3.17. The smallest absolute Gasteiger partial charge is 0.251 e. The Morgan fingerprint density at radius 1 is 1.53 bits per heavy atom. The summed E-state index contributed by atoms with van der Waals surface area (Å²) in [5, 5.41) is 3.01. The van der Waals surface area contributed by atoms with Crippen molar-refractivity contribution in [3.8, 4) is 0 Å². The van der Waals surface area contributed by atoms with E-state index in [0.717, 1.165) is 18.4 Å². The Morgan fingerprint density at radius 2 is 2.24 bits per heavy atom. The fraction of sp³-hybridized carbons (Fsp3) is 0.385. The molecule has 0 radical (unpaired) electrons. The molecule has 1 saturated carbocycles. The molecular weight excluding hydrogens is 232 g/mol. The number of benzene rings is 1. The number of thiocarbonyl (C=S) groups is 1. The molecule has 0 bridgehead atoms. The van der Waals surface area contributed by atoms with Crippen molar-refractivity contribution < 1.29 is 4.79 Å². The minimum absolute atomic E-state index is 0.0379. The van der Waals surface area contributed by atoms with Gasteiger partial charge in [0.15, 0.2) is 0 Å². The molecule has 1 aromatic carbocycles. The summed E-state index contributed by atoms with van der Waals surface area (Å²) in [6, 6.07) is 7.47. The molecule has 0 aromatic heterocycles. The van der Waals surface area contributed by atoms with Gasteiger partial charge in [-0.3, -0.25) is 4.79 Å². The lowest BCUT2D eigenvalue weighted by Gasteiger charge is -2.05. The maximum absolute atomic E-state index is 11.9. The van der Waals surface area contributed by atoms with Gasteiger partial charge >= 0.3 is 0 Å². The lowest BCUT2D eigenvalue weighted by atomic mass is 10.1. The van der Waals surface area contributed by atoms with Crippen molar-refractivity contribution in [3.63, 3.8) is 0 Å². The maximum atomic E-state index is 11.9. The first-order valence-corrected chi connectivity index (χ1v) is 6.23. The van der Waals surface area contributed by atoms with Crippen LogP contribution in [0.4, 0.5) is 0 Å². The standard InChI is InChI=1S/C13H16N2OS/c1-2-8-7-11(8)15-13(16)10-5-3-4-9(6-10)12(14)17/h3-6,8,11H,2,7H2,1H3,(H2,14,17)(H,15,16). The van der Waals surface area contributed by atoms with Crippen molar-refractivity contribution in [2.45, 2.75) is 25.8 Å². The van der Waals surface area contributed by atoms with Gasteiger partial charge in [-0.1, -0.05) is 37.7 Å². The molecule has 3 nitrogen and oxygen atoms in total. The zero-order valence-corrected chi connectivity index (χ0v) is 10.6. The summed E-state index contributed by atoms with van der Waals surface area (Å²) >= 11 is 4.89. The summed E-state index contributed by atoms with van der Waals surface area (Å²) in [6.07, 6.45) is 2.22. The molecule has 1 fully saturated rings. The third kappa shape index (κ3) is 2.82. The molecular formula is C13H16N2OS. The van der Waals surface area contributed by atoms with Gasteiger partial charge in [0, 0.05) is 17.2 Å². The summed E-state index contributed by atoms with van der Waals surface area (Å²) in [4.78, 5) is 12.3. The molecule has 2 rings (SSSR count). The Labute approximate surface area is 106 Å². The molecule has 17 heavy (non-hydrogen) atoms. The Morgan fingerprint density at radius 3 is 2.82 bits per heavy atom. The summed E-state index contributed by atoms with van der Waals surface area (Å²) in [7, 11) is 0. The van der Waals surface area contributed by atoms with Crippen molar-refractivity contribution in [1.82, 2.24) is 5.32 Å². The number of nitrogens with one attached hydrogen (secondary N) is 1. The molecule has 1 aliphatic carbocycles. The number of hydrogen-bond acceptors (Lipinski definition) is 2. The van der Waals surface area contributed by atoms with E-state index in [1.165, 1.54) is 0 Å². The summed E-state index contributed by atoms with van der Waals surface area (Å²) in [5.41, 5.74) is 6.89. The second-order valence-electron chi connectivity index (χ2n) is 4.43. The van der Waals surface area contributed by atoms with E-state index in [1.807, 2.05) is 6.07 Å². The molecule has 3 N–H and O–H groups in total. The first-order chi connectivity index (χ1) is 8.11. The molecule has 90 valence electrons. The van der Waals surface area contributed by atoms with Crippen LogP contribution in [0.25, 0.3) is 0 Å². The second kappa shape index (κ2) is 4.84. The van der Waals surface area contributed by atoms with Gasteiger partial charge in [-0.15, -0.1) is 0 Å². The summed E-state index contributed by atoms with van der Waals surface area (Å²) in [6.45, 7) is 2.14. The van der Waals surface area contributed by atoms with E-state index in [9.17, 15) is 4.79 Å². The first-order valence-electron chi connectivity index (χ1n) is 5.82. The lowest BCUT2D eigenvalue weighted by molar-refractivity contribution is 0.0949. The number of nitrogens with two attached hydrogens (primary N) is 1. The molecule has 1 aliphatic rings. The second-order valence-corrected chi connectivity index (χ2v) is 4.87. The molecule has 0 spiro atoms. The number of carbonyl (C=O) groups excluding carboxylic acids is 1. The summed E-state index contributed by atoms with van der Waals surface area (Å²) < 4.78 is 0. The molecule has 2 unspecified atom stereocenters. The molecule has 0 saturated heterocycles. The van der Waals surface area contributed by atoms with Crippen molar-refractivity contribution in [2.75, 3.05) is 0 Å². The van der Waals surface area contributed by atoms with Gasteiger partial charge in [-0.25, -0.2) is 0 Å². The molecule has 1 aromatic rings. The van der Waals surface area contributed by atoms with Gasteiger partial charge in [0.05, 0.1) is 0 Å². The predicted octanol–water partition coefficient (Wildman–Crippen LogP) is 1.85. The fourth-order valence-electron chi connectivity index (χ4n) is 1.94. The first kappa shape index (κ1) is 12.0. The minimum atomic E-state index is -0.0379. The highest BCUT2D eigenvalue weighted by molar-refractivity contribution is 7.80. The zero-order valence-electron chi connectivity index (χ0n) is 9.77. The Kier molecular flexibility index (Phi) is 3.43. The van der Waals surface area contributed by atoms with Crippen LogP contribution in [0, 0.1) is 5.92 Å². The van der Waals surface area contributed by atoms with Gasteiger partial charge in [-0.05, 0) is 24.5 Å². The van der Waals surface area contributed by atoms with Gasteiger partial charge < -0.3 is 11.1 Å². The molecule has 1 amide bonds. The van der Waals surface area contributed by atoms with Crippen LogP contribution in [-0.2, 0) is 0 Å². The molecule has 4 heteroatoms. The van der Waals surface area contributed by atoms with Crippen molar-refractivity contribution >= 4 is 23.1 Å². The molecule has 0 heterocycles. The highest BCUT2D eigenvalue weighted by atomic mass is 32.1. The number of amides is 1. The monoisotopic (exact) mass is 248 g/mol. The molecule has 0 aliphatic heterocycles. The highest BCUT2D eigenvalue weighted by Gasteiger charge is 2.36. The molecule has 2 atom stereocenters. The van der Waals surface area contributed by atoms with Crippen molar-refractivity contribution in [1.29, 1.82) is 0 Å². The van der Waals surface area contributed by atoms with Crippen LogP contribution in [-0.4, -0.2) is 16.9 Å². The van der Waals surface area contributed by atoms with Gasteiger partial charge in [-0.2, -0.15) is 0 Å². The normalized spacial score (nSPS) is 21.9. The SMILES string of the molecule is CCC1CC1NC(=O)c1cccc(C(N)=S)c1. The van der Waals surface area contributed by atoms with E-state index in [4.69, 9.17) is 18.0 Å². The Balaban J connectivity index is 2.04. The predicted molar refractivity (Wildman–Crippen MR) is 72.0 cm³/mol. The van der Waals surface area contributed by atoms with Crippen molar-refractivity contribution in [2.24, 2.45) is 11.7 Å². The van der Waals surface area contributed by atoms with Gasteiger partial charge in [0.2, 0.25) is 0 Å². The van der Waals surface area contributed by atoms with Crippen LogP contribution in [0.5, 0.6) is 0 Å². The quantitative estimate of drug-likeness (QED) is 0.800. The van der Waals surface area contributed by atoms with E-state index in [1.54, 1.807) is 18.2 Å². The number of carbonyl (C=O) groups is 1. The Bertz CT molecular complexity index is 458. The van der Waals surface area contributed by atoms with Crippen LogP contribution in [0.3, 0.4) is 0 Å². The van der Waals surface area contributed by atoms with Crippen molar-refractivity contribution in [3.05, 3.63) is 35.4 Å². The van der Waals surface area contributed by atoms with E-state index in [-0.39, 0.29) is 5.91 Å². The van der Waals surface area contributed by atoms with E-state index in [0.29, 0.717) is 22.5 Å².